The quantitative estimate of drug-likeness (QED) is 0.739. The molecule has 3 heterocycles. The second-order valence-corrected chi connectivity index (χ2v) is 7.12. The first-order valence-corrected chi connectivity index (χ1v) is 8.76. The van der Waals surface area contributed by atoms with Gasteiger partial charge in [-0.05, 0) is 25.5 Å². The van der Waals surface area contributed by atoms with Crippen LogP contribution in [-0.2, 0) is 6.54 Å². The standard InChI is InChI=1S/C17H20N4OS/c1-12-4-3-5-15-16(12)18-17(23-15)21-8-6-20(7-9-21)11-14-10-13(2)22-19-14/h3-5,10H,6-9,11H2,1-2H3. The number of hydrogen-bond acceptors (Lipinski definition) is 6. The molecular formula is C17H20N4OS. The van der Waals surface area contributed by atoms with Crippen LogP contribution < -0.4 is 4.90 Å². The fraction of sp³-hybridized carbons (Fsp3) is 0.412. The molecule has 0 bridgehead atoms. The molecule has 3 aromatic rings. The molecule has 1 fully saturated rings. The third-order valence-corrected chi connectivity index (χ3v) is 5.40. The van der Waals surface area contributed by atoms with Crippen LogP contribution in [0.1, 0.15) is 17.0 Å². The third kappa shape index (κ3) is 2.96. The van der Waals surface area contributed by atoms with Crippen LogP contribution in [0.25, 0.3) is 10.2 Å². The molecule has 0 unspecified atom stereocenters. The summed E-state index contributed by atoms with van der Waals surface area (Å²) in [5.74, 6) is 0.878. The van der Waals surface area contributed by atoms with Crippen LogP contribution in [0.4, 0.5) is 5.13 Å². The molecule has 0 radical (unpaired) electrons. The lowest BCUT2D eigenvalue weighted by atomic mass is 10.2. The second kappa shape index (κ2) is 5.94. The van der Waals surface area contributed by atoms with E-state index in [0.29, 0.717) is 0 Å². The second-order valence-electron chi connectivity index (χ2n) is 6.11. The molecule has 0 amide bonds. The number of hydrogen-bond donors (Lipinski definition) is 0. The van der Waals surface area contributed by atoms with Crippen molar-refractivity contribution in [3.05, 3.63) is 41.3 Å². The van der Waals surface area contributed by atoms with Crippen molar-refractivity contribution in [1.82, 2.24) is 15.0 Å². The van der Waals surface area contributed by atoms with Crippen LogP contribution in [0.15, 0.2) is 28.8 Å². The molecule has 0 atom stereocenters. The number of aryl methyl sites for hydroxylation is 2. The minimum absolute atomic E-state index is 0.865. The Morgan fingerprint density at radius 1 is 1.17 bits per heavy atom. The highest BCUT2D eigenvalue weighted by atomic mass is 32.1. The van der Waals surface area contributed by atoms with Gasteiger partial charge in [0, 0.05) is 38.8 Å². The number of para-hydroxylation sites is 1. The Morgan fingerprint density at radius 2 is 2.00 bits per heavy atom. The number of anilines is 1. The van der Waals surface area contributed by atoms with E-state index in [4.69, 9.17) is 9.51 Å². The first-order valence-electron chi connectivity index (χ1n) is 7.95. The van der Waals surface area contributed by atoms with Crippen LogP contribution in [0, 0.1) is 13.8 Å². The summed E-state index contributed by atoms with van der Waals surface area (Å²) in [4.78, 5) is 9.67. The molecule has 1 aliphatic heterocycles. The van der Waals surface area contributed by atoms with Gasteiger partial charge in [0.15, 0.2) is 5.13 Å². The van der Waals surface area contributed by atoms with Gasteiger partial charge >= 0.3 is 0 Å². The van der Waals surface area contributed by atoms with Gasteiger partial charge in [0.1, 0.15) is 5.76 Å². The summed E-state index contributed by atoms with van der Waals surface area (Å²) >= 11 is 1.80. The van der Waals surface area contributed by atoms with E-state index in [-0.39, 0.29) is 0 Å². The lowest BCUT2D eigenvalue weighted by Crippen LogP contribution is -2.46. The van der Waals surface area contributed by atoms with Crippen molar-refractivity contribution in [3.63, 3.8) is 0 Å². The zero-order valence-corrected chi connectivity index (χ0v) is 14.3. The van der Waals surface area contributed by atoms with E-state index < -0.39 is 0 Å². The van der Waals surface area contributed by atoms with Crippen LogP contribution >= 0.6 is 11.3 Å². The highest BCUT2D eigenvalue weighted by molar-refractivity contribution is 7.22. The first-order chi connectivity index (χ1) is 11.2. The molecule has 5 nitrogen and oxygen atoms in total. The zero-order chi connectivity index (χ0) is 15.8. The SMILES string of the molecule is Cc1cc(CN2CCN(c3nc4c(C)cccc4s3)CC2)no1. The number of fused-ring (bicyclic) bond motifs is 1. The fourth-order valence-corrected chi connectivity index (χ4v) is 4.12. The van der Waals surface area contributed by atoms with Gasteiger partial charge in [-0.1, -0.05) is 28.6 Å². The van der Waals surface area contributed by atoms with Gasteiger partial charge in [0.25, 0.3) is 0 Å². The fourth-order valence-electron chi connectivity index (χ4n) is 3.03. The van der Waals surface area contributed by atoms with Crippen molar-refractivity contribution in [2.75, 3.05) is 31.1 Å². The van der Waals surface area contributed by atoms with Gasteiger partial charge in [-0.25, -0.2) is 4.98 Å². The van der Waals surface area contributed by atoms with Crippen molar-refractivity contribution in [2.24, 2.45) is 0 Å². The molecule has 1 aliphatic rings. The van der Waals surface area contributed by atoms with Gasteiger partial charge < -0.3 is 9.42 Å². The summed E-state index contributed by atoms with van der Waals surface area (Å²) in [6.07, 6.45) is 0. The summed E-state index contributed by atoms with van der Waals surface area (Å²) < 4.78 is 6.42. The zero-order valence-electron chi connectivity index (χ0n) is 13.5. The molecule has 23 heavy (non-hydrogen) atoms. The minimum Gasteiger partial charge on any atom is -0.361 e. The predicted octanol–water partition coefficient (Wildman–Crippen LogP) is 3.22. The van der Waals surface area contributed by atoms with Crippen LogP contribution in [0.3, 0.4) is 0 Å². The third-order valence-electron chi connectivity index (χ3n) is 4.31. The van der Waals surface area contributed by atoms with E-state index in [1.165, 1.54) is 10.3 Å². The lowest BCUT2D eigenvalue weighted by molar-refractivity contribution is 0.241. The molecule has 1 aromatic carbocycles. The normalized spacial score (nSPS) is 16.3. The van der Waals surface area contributed by atoms with Crippen molar-refractivity contribution >= 4 is 26.7 Å². The number of rotatable bonds is 3. The van der Waals surface area contributed by atoms with E-state index in [1.807, 2.05) is 13.0 Å². The maximum Gasteiger partial charge on any atom is 0.186 e. The Balaban J connectivity index is 1.43. The molecule has 1 saturated heterocycles. The monoisotopic (exact) mass is 328 g/mol. The summed E-state index contributed by atoms with van der Waals surface area (Å²) in [6.45, 7) is 9.00. The van der Waals surface area contributed by atoms with Crippen molar-refractivity contribution in [2.45, 2.75) is 20.4 Å². The topological polar surface area (TPSA) is 45.4 Å². The number of piperazine rings is 1. The van der Waals surface area contributed by atoms with Gasteiger partial charge in [0.05, 0.1) is 15.9 Å². The summed E-state index contributed by atoms with van der Waals surface area (Å²) in [5.41, 5.74) is 3.42. The number of nitrogens with zero attached hydrogens (tertiary/aromatic N) is 4. The van der Waals surface area contributed by atoms with Crippen LogP contribution in [0.5, 0.6) is 0 Å². The highest BCUT2D eigenvalue weighted by Gasteiger charge is 2.21. The molecule has 0 spiro atoms. The average molecular weight is 328 g/mol. The molecule has 0 saturated carbocycles. The number of benzene rings is 1. The van der Waals surface area contributed by atoms with E-state index in [9.17, 15) is 0 Å². The summed E-state index contributed by atoms with van der Waals surface area (Å²) in [6, 6.07) is 8.41. The van der Waals surface area contributed by atoms with Crippen molar-refractivity contribution in [3.8, 4) is 0 Å². The van der Waals surface area contributed by atoms with Crippen LogP contribution in [0.2, 0.25) is 0 Å². The van der Waals surface area contributed by atoms with Gasteiger partial charge in [-0.15, -0.1) is 0 Å². The summed E-state index contributed by atoms with van der Waals surface area (Å²) in [7, 11) is 0. The van der Waals surface area contributed by atoms with Gasteiger partial charge in [-0.2, -0.15) is 0 Å². The highest BCUT2D eigenvalue weighted by Crippen LogP contribution is 2.31. The molecular weight excluding hydrogens is 308 g/mol. The Labute approximate surface area is 139 Å². The Kier molecular flexibility index (Phi) is 3.79. The lowest BCUT2D eigenvalue weighted by Gasteiger charge is -2.34. The molecule has 0 aliphatic carbocycles. The smallest absolute Gasteiger partial charge is 0.186 e. The van der Waals surface area contributed by atoms with Crippen molar-refractivity contribution in [1.29, 1.82) is 0 Å². The van der Waals surface area contributed by atoms with Crippen molar-refractivity contribution < 1.29 is 4.52 Å². The Morgan fingerprint density at radius 3 is 2.70 bits per heavy atom. The molecule has 0 N–H and O–H groups in total. The maximum absolute atomic E-state index is 5.15. The average Bonchev–Trinajstić information content (AvgIpc) is 3.15. The van der Waals surface area contributed by atoms with E-state index in [1.54, 1.807) is 11.3 Å². The predicted molar refractivity (Wildman–Crippen MR) is 93.1 cm³/mol. The first kappa shape index (κ1) is 14.7. The number of aromatic nitrogens is 2. The molecule has 120 valence electrons. The van der Waals surface area contributed by atoms with Gasteiger partial charge in [0.2, 0.25) is 0 Å². The van der Waals surface area contributed by atoms with E-state index in [0.717, 1.165) is 54.8 Å². The minimum atomic E-state index is 0.865. The van der Waals surface area contributed by atoms with E-state index in [2.05, 4.69) is 40.1 Å². The number of thiazole rings is 1. The summed E-state index contributed by atoms with van der Waals surface area (Å²) in [5, 5.41) is 5.23. The molecule has 4 rings (SSSR count). The molecule has 6 heteroatoms. The maximum atomic E-state index is 5.15. The van der Waals surface area contributed by atoms with Gasteiger partial charge in [-0.3, -0.25) is 4.90 Å². The largest absolute Gasteiger partial charge is 0.361 e. The molecule has 2 aromatic heterocycles. The Bertz CT molecular complexity index is 817. The van der Waals surface area contributed by atoms with Crippen LogP contribution in [-0.4, -0.2) is 41.2 Å². The Hall–Kier alpha value is -1.92. The van der Waals surface area contributed by atoms with E-state index >= 15 is 0 Å².